The van der Waals surface area contributed by atoms with Gasteiger partial charge in [0, 0.05) is 37.9 Å². The molecular weight excluding hydrogens is 406 g/mol. The third kappa shape index (κ3) is 3.31. The number of benzene rings is 1. The fourth-order valence-electron chi connectivity index (χ4n) is 4.12. The first kappa shape index (κ1) is 21.2. The van der Waals surface area contributed by atoms with Crippen LogP contribution in [0.1, 0.15) is 19.7 Å². The van der Waals surface area contributed by atoms with Crippen LogP contribution in [0.3, 0.4) is 0 Å². The van der Waals surface area contributed by atoms with Gasteiger partial charge in [-0.1, -0.05) is 25.6 Å². The lowest BCUT2D eigenvalue weighted by atomic mass is 10.1. The second kappa shape index (κ2) is 8.26. The summed E-state index contributed by atoms with van der Waals surface area (Å²) < 4.78 is 7.46. The van der Waals surface area contributed by atoms with E-state index >= 15 is 0 Å². The van der Waals surface area contributed by atoms with E-state index in [2.05, 4.69) is 15.3 Å². The van der Waals surface area contributed by atoms with Crippen LogP contribution in [-0.2, 0) is 0 Å². The number of carbonyl (C=O) groups is 1. The molecule has 0 saturated heterocycles. The smallest absolute Gasteiger partial charge is 0.317 e. The molecule has 1 aliphatic rings. The summed E-state index contributed by atoms with van der Waals surface area (Å²) in [7, 11) is 3.29. The molecule has 9 heteroatoms. The lowest BCUT2D eigenvalue weighted by Crippen LogP contribution is -2.40. The van der Waals surface area contributed by atoms with Crippen molar-refractivity contribution in [1.82, 2.24) is 29.6 Å². The van der Waals surface area contributed by atoms with Crippen LogP contribution in [0.25, 0.3) is 33.4 Å². The normalized spacial score (nSPS) is 13.7. The highest BCUT2D eigenvalue weighted by molar-refractivity contribution is 5.94. The highest BCUT2D eigenvalue weighted by Crippen LogP contribution is 2.35. The molecule has 0 aliphatic carbocycles. The number of urea groups is 1. The number of aromatic amines is 1. The lowest BCUT2D eigenvalue weighted by molar-refractivity contribution is 0.205. The molecule has 32 heavy (non-hydrogen) atoms. The summed E-state index contributed by atoms with van der Waals surface area (Å²) >= 11 is 0. The highest BCUT2D eigenvalue weighted by atomic mass is 16.5. The Morgan fingerprint density at radius 1 is 1.34 bits per heavy atom. The summed E-state index contributed by atoms with van der Waals surface area (Å²) in [5, 5.41) is 3.70. The second-order valence-electron chi connectivity index (χ2n) is 7.40. The standard InChI is InChI=1S/C22H23N7O2.CH4/c1-24-22(30)28-9-6-13(7-10-28)21-27-18(19-20(23)25-8-11-29(19)21)15-12-14-4-3-5-16(31-2)17(14)26-15;/h3-6,8,11-12,26H,7,9-10H2,1-2H3,(H2,23,25)(H,24,30);1H4. The van der Waals surface area contributed by atoms with Crippen LogP contribution in [0.2, 0.25) is 0 Å². The Labute approximate surface area is 185 Å². The molecule has 0 radical (unpaired) electrons. The average Bonchev–Trinajstić information content (AvgIpc) is 3.41. The highest BCUT2D eigenvalue weighted by Gasteiger charge is 2.23. The molecule has 1 aromatic carbocycles. The Balaban J connectivity index is 0.00000245. The number of hydrogen-bond donors (Lipinski definition) is 3. The van der Waals surface area contributed by atoms with E-state index in [-0.39, 0.29) is 13.5 Å². The zero-order valence-corrected chi connectivity index (χ0v) is 17.3. The van der Waals surface area contributed by atoms with Crippen LogP contribution < -0.4 is 15.8 Å². The number of nitrogens with one attached hydrogen (secondary N) is 2. The SMILES string of the molecule is C.CNC(=O)N1CC=C(c2nc(-c3cc4cccc(OC)c4[nH]3)c3c(N)nccn23)CC1. The molecule has 4 aromatic rings. The Hall–Kier alpha value is -4.01. The number of anilines is 1. The van der Waals surface area contributed by atoms with E-state index in [4.69, 9.17) is 15.5 Å². The number of rotatable bonds is 3. The van der Waals surface area contributed by atoms with Gasteiger partial charge in [-0.3, -0.25) is 4.40 Å². The number of hydrogen-bond acceptors (Lipinski definition) is 5. The summed E-state index contributed by atoms with van der Waals surface area (Å²) in [5.41, 5.74) is 10.6. The van der Waals surface area contributed by atoms with Crippen molar-refractivity contribution in [3.63, 3.8) is 0 Å². The Bertz CT molecular complexity index is 1340. The number of methoxy groups -OCH3 is 1. The number of fused-ring (bicyclic) bond motifs is 2. The minimum absolute atomic E-state index is 0. The average molecular weight is 434 g/mol. The first-order valence-electron chi connectivity index (χ1n) is 10.1. The summed E-state index contributed by atoms with van der Waals surface area (Å²) in [5.74, 6) is 1.98. The van der Waals surface area contributed by atoms with Crippen molar-refractivity contribution in [2.45, 2.75) is 13.8 Å². The maximum Gasteiger partial charge on any atom is 0.317 e. The Morgan fingerprint density at radius 3 is 2.91 bits per heavy atom. The van der Waals surface area contributed by atoms with E-state index in [9.17, 15) is 4.79 Å². The molecule has 166 valence electrons. The minimum atomic E-state index is -0.0792. The van der Waals surface area contributed by atoms with Gasteiger partial charge < -0.3 is 25.7 Å². The number of nitrogen functional groups attached to an aromatic ring is 1. The number of nitrogens with two attached hydrogens (primary N) is 1. The molecule has 2 amide bonds. The van der Waals surface area contributed by atoms with E-state index in [1.807, 2.05) is 40.9 Å². The third-order valence-corrected chi connectivity index (χ3v) is 5.67. The number of ether oxygens (including phenoxy) is 1. The van der Waals surface area contributed by atoms with Gasteiger partial charge in [-0.2, -0.15) is 0 Å². The second-order valence-corrected chi connectivity index (χ2v) is 7.40. The van der Waals surface area contributed by atoms with Crippen molar-refractivity contribution in [2.75, 3.05) is 33.0 Å². The lowest BCUT2D eigenvalue weighted by Gasteiger charge is -2.25. The van der Waals surface area contributed by atoms with Gasteiger partial charge in [-0.15, -0.1) is 0 Å². The maximum atomic E-state index is 11.9. The van der Waals surface area contributed by atoms with Crippen LogP contribution in [0.15, 0.2) is 42.7 Å². The van der Waals surface area contributed by atoms with E-state index in [1.54, 1.807) is 25.3 Å². The Kier molecular flexibility index (Phi) is 5.48. The van der Waals surface area contributed by atoms with Crippen molar-refractivity contribution >= 4 is 33.8 Å². The molecule has 0 atom stereocenters. The predicted octanol–water partition coefficient (Wildman–Crippen LogP) is 3.53. The molecule has 0 spiro atoms. The molecule has 1 aliphatic heterocycles. The monoisotopic (exact) mass is 433 g/mol. The van der Waals surface area contributed by atoms with Crippen molar-refractivity contribution in [3.05, 3.63) is 48.6 Å². The van der Waals surface area contributed by atoms with Gasteiger partial charge in [-0.25, -0.2) is 14.8 Å². The van der Waals surface area contributed by atoms with Crippen LogP contribution in [-0.4, -0.2) is 57.5 Å². The molecule has 4 heterocycles. The van der Waals surface area contributed by atoms with E-state index < -0.39 is 0 Å². The maximum absolute atomic E-state index is 11.9. The molecule has 0 saturated carbocycles. The molecule has 9 nitrogen and oxygen atoms in total. The number of amides is 2. The molecule has 4 N–H and O–H groups in total. The van der Waals surface area contributed by atoms with Gasteiger partial charge in [0.05, 0.1) is 18.3 Å². The van der Waals surface area contributed by atoms with E-state index in [0.29, 0.717) is 25.3 Å². The zero-order valence-electron chi connectivity index (χ0n) is 17.3. The van der Waals surface area contributed by atoms with Crippen molar-refractivity contribution in [2.24, 2.45) is 0 Å². The summed E-state index contributed by atoms with van der Waals surface area (Å²) in [6.45, 7) is 1.16. The van der Waals surface area contributed by atoms with Gasteiger partial charge >= 0.3 is 6.03 Å². The molecule has 0 unspecified atom stereocenters. The molecular formula is C23H27N7O2. The predicted molar refractivity (Wildman–Crippen MR) is 127 cm³/mol. The zero-order chi connectivity index (χ0) is 21.5. The van der Waals surface area contributed by atoms with Gasteiger partial charge in [0.1, 0.15) is 28.6 Å². The van der Waals surface area contributed by atoms with Crippen LogP contribution in [0, 0.1) is 0 Å². The number of para-hydroxylation sites is 1. The van der Waals surface area contributed by atoms with Crippen LogP contribution >= 0.6 is 0 Å². The van der Waals surface area contributed by atoms with Crippen LogP contribution in [0.4, 0.5) is 10.6 Å². The first-order chi connectivity index (χ1) is 15.1. The third-order valence-electron chi connectivity index (χ3n) is 5.67. The van der Waals surface area contributed by atoms with Gasteiger partial charge in [0.15, 0.2) is 0 Å². The fraction of sp³-hybridized carbons (Fsp3) is 0.261. The summed E-state index contributed by atoms with van der Waals surface area (Å²) in [6, 6.07) is 7.86. The first-order valence-corrected chi connectivity index (χ1v) is 10.1. The number of imidazole rings is 1. The largest absolute Gasteiger partial charge is 0.495 e. The van der Waals surface area contributed by atoms with Crippen LogP contribution in [0.5, 0.6) is 5.75 Å². The van der Waals surface area contributed by atoms with Crippen molar-refractivity contribution in [3.8, 4) is 17.1 Å². The number of aromatic nitrogens is 4. The minimum Gasteiger partial charge on any atom is -0.495 e. The van der Waals surface area contributed by atoms with Gasteiger partial charge in [-0.05, 0) is 24.1 Å². The van der Waals surface area contributed by atoms with Gasteiger partial charge in [0.2, 0.25) is 0 Å². The molecule has 0 fully saturated rings. The van der Waals surface area contributed by atoms with Gasteiger partial charge in [0.25, 0.3) is 0 Å². The Morgan fingerprint density at radius 2 is 2.19 bits per heavy atom. The summed E-state index contributed by atoms with van der Waals surface area (Å²) in [6.07, 6.45) is 6.29. The molecule has 0 bridgehead atoms. The number of nitrogens with zero attached hydrogens (tertiary/aromatic N) is 4. The number of H-pyrrole nitrogens is 1. The topological polar surface area (TPSA) is 114 Å². The van der Waals surface area contributed by atoms with Crippen molar-refractivity contribution in [1.29, 1.82) is 0 Å². The quantitative estimate of drug-likeness (QED) is 0.457. The summed E-state index contributed by atoms with van der Waals surface area (Å²) in [4.78, 5) is 26.4. The van der Waals surface area contributed by atoms with E-state index in [0.717, 1.165) is 45.0 Å². The fourth-order valence-corrected chi connectivity index (χ4v) is 4.12. The molecule has 5 rings (SSSR count). The van der Waals surface area contributed by atoms with E-state index in [1.165, 1.54) is 0 Å². The number of carbonyl (C=O) groups excluding carboxylic acids is 1. The van der Waals surface area contributed by atoms with Crippen molar-refractivity contribution < 1.29 is 9.53 Å². The molecule has 3 aromatic heterocycles.